The summed E-state index contributed by atoms with van der Waals surface area (Å²) >= 11 is 0. The second-order valence-corrected chi connectivity index (χ2v) is 13.8. The molecule has 2 rings (SSSR count). The zero-order chi connectivity index (χ0) is 38.1. The molecule has 11 atom stereocenters. The maximum Gasteiger partial charge on any atom is 0.306 e. The lowest BCUT2D eigenvalue weighted by molar-refractivity contribution is -0.332. The summed E-state index contributed by atoms with van der Waals surface area (Å²) in [7, 11) is 0. The van der Waals surface area contributed by atoms with E-state index in [0.717, 1.165) is 44.9 Å². The molecule has 2 saturated heterocycles. The van der Waals surface area contributed by atoms with E-state index in [1.807, 2.05) is 6.92 Å². The van der Waals surface area contributed by atoms with E-state index in [4.69, 9.17) is 28.4 Å². The molecule has 0 bridgehead atoms. The molecule has 11 unspecified atom stereocenters. The number of aliphatic hydroxyl groups is 7. The number of unbranched alkanes of at least 4 members (excludes halogenated alkanes) is 10. The minimum Gasteiger partial charge on any atom is -0.457 e. The van der Waals surface area contributed by atoms with Gasteiger partial charge in [0.1, 0.15) is 54.9 Å². The van der Waals surface area contributed by atoms with E-state index in [2.05, 4.69) is 31.2 Å². The fourth-order valence-corrected chi connectivity index (χ4v) is 5.88. The van der Waals surface area contributed by atoms with Crippen LogP contribution in [0.25, 0.3) is 0 Å². The second kappa shape index (κ2) is 28.0. The molecule has 0 aromatic carbocycles. The van der Waals surface area contributed by atoms with Gasteiger partial charge in [-0.25, -0.2) is 0 Å². The second-order valence-electron chi connectivity index (χ2n) is 13.8. The summed E-state index contributed by atoms with van der Waals surface area (Å²) in [4.78, 5) is 12.4. The van der Waals surface area contributed by atoms with Crippen LogP contribution in [-0.4, -0.2) is 142 Å². The summed E-state index contributed by atoms with van der Waals surface area (Å²) in [5.41, 5.74) is 0. The number of carbonyl (C=O) groups is 1. The van der Waals surface area contributed by atoms with Crippen LogP contribution in [0.3, 0.4) is 0 Å². The fourth-order valence-electron chi connectivity index (χ4n) is 5.88. The van der Waals surface area contributed by atoms with Crippen LogP contribution in [0.1, 0.15) is 110 Å². The van der Waals surface area contributed by atoms with Gasteiger partial charge < -0.3 is 64.2 Å². The summed E-state index contributed by atoms with van der Waals surface area (Å²) in [6.07, 6.45) is 8.20. The lowest BCUT2D eigenvalue weighted by Gasteiger charge is -2.42. The highest BCUT2D eigenvalue weighted by Gasteiger charge is 2.47. The van der Waals surface area contributed by atoms with Crippen molar-refractivity contribution in [3.63, 3.8) is 0 Å². The molecule has 0 aromatic rings. The average molecular weight is 749 g/mol. The van der Waals surface area contributed by atoms with Gasteiger partial charge >= 0.3 is 5.97 Å². The Balaban J connectivity index is 1.74. The van der Waals surface area contributed by atoms with Gasteiger partial charge in [0.15, 0.2) is 12.6 Å². The number of hydrogen-bond donors (Lipinski definition) is 7. The Morgan fingerprint density at radius 3 is 1.83 bits per heavy atom. The van der Waals surface area contributed by atoms with Crippen molar-refractivity contribution in [2.24, 2.45) is 0 Å². The molecule has 0 spiro atoms. The summed E-state index contributed by atoms with van der Waals surface area (Å²) in [6, 6.07) is 0. The lowest BCUT2D eigenvalue weighted by Crippen LogP contribution is -2.61. The molecule has 0 radical (unpaired) electrons. The Kier molecular flexibility index (Phi) is 25.1. The van der Waals surface area contributed by atoms with Crippen molar-refractivity contribution in [1.29, 1.82) is 0 Å². The van der Waals surface area contributed by atoms with Crippen LogP contribution < -0.4 is 0 Å². The third kappa shape index (κ3) is 17.7. The Hall–Kier alpha value is -1.53. The van der Waals surface area contributed by atoms with E-state index < -0.39 is 86.7 Å². The van der Waals surface area contributed by atoms with Crippen molar-refractivity contribution in [1.82, 2.24) is 0 Å². The van der Waals surface area contributed by atoms with Crippen LogP contribution in [0.15, 0.2) is 24.3 Å². The molecular weight excluding hydrogens is 680 g/mol. The molecule has 304 valence electrons. The molecule has 2 fully saturated rings. The first-order valence-corrected chi connectivity index (χ1v) is 19.4. The van der Waals surface area contributed by atoms with Crippen molar-refractivity contribution >= 4 is 5.97 Å². The Bertz CT molecular complexity index is 964. The number of aliphatic hydroxyl groups excluding tert-OH is 7. The van der Waals surface area contributed by atoms with Crippen LogP contribution in [-0.2, 0) is 33.2 Å². The topological polar surface area (TPSA) is 214 Å². The van der Waals surface area contributed by atoms with E-state index in [0.29, 0.717) is 13.0 Å². The molecule has 0 aliphatic carbocycles. The zero-order valence-corrected chi connectivity index (χ0v) is 31.3. The monoisotopic (exact) mass is 748 g/mol. The van der Waals surface area contributed by atoms with Crippen LogP contribution in [0.2, 0.25) is 0 Å². The molecule has 14 heteroatoms. The molecule has 0 saturated carbocycles. The largest absolute Gasteiger partial charge is 0.457 e. The molecular formula is C38H68O14. The van der Waals surface area contributed by atoms with Gasteiger partial charge in [0, 0.05) is 13.0 Å². The van der Waals surface area contributed by atoms with Crippen LogP contribution in [0.5, 0.6) is 0 Å². The molecule has 2 aliphatic heterocycles. The standard InChI is InChI=1S/C38H68O14/c1-3-5-7-8-9-10-11-12-13-14-15-16-17-18-19-20-22-47-24-27(50-30(40)21-6-4-2)25-48-37-36(46)34(44)32(42)29(52-37)26-49-38-35(45)33(43)31(41)28(23-39)51-38/h9-10,12-13,27-29,31-39,41-46H,3-8,11,14-26H2,1-2H3/b10-9-,13-12-. The van der Waals surface area contributed by atoms with Crippen LogP contribution in [0.4, 0.5) is 0 Å². The molecule has 52 heavy (non-hydrogen) atoms. The van der Waals surface area contributed by atoms with E-state index in [-0.39, 0.29) is 19.6 Å². The van der Waals surface area contributed by atoms with Gasteiger partial charge in [0.25, 0.3) is 0 Å². The van der Waals surface area contributed by atoms with E-state index in [1.54, 1.807) is 0 Å². The lowest BCUT2D eigenvalue weighted by atomic mass is 9.98. The average Bonchev–Trinajstić information content (AvgIpc) is 3.14. The summed E-state index contributed by atoms with van der Waals surface area (Å²) in [5, 5.41) is 71.2. The van der Waals surface area contributed by atoms with Gasteiger partial charge in [-0.05, 0) is 44.9 Å². The Morgan fingerprint density at radius 2 is 1.19 bits per heavy atom. The van der Waals surface area contributed by atoms with Crippen LogP contribution >= 0.6 is 0 Å². The molecule has 7 N–H and O–H groups in total. The summed E-state index contributed by atoms with van der Waals surface area (Å²) < 4.78 is 33.6. The van der Waals surface area contributed by atoms with Crippen molar-refractivity contribution < 1.29 is 69.0 Å². The molecule has 0 amide bonds. The fraction of sp³-hybridized carbons (Fsp3) is 0.868. The van der Waals surface area contributed by atoms with E-state index >= 15 is 0 Å². The third-order valence-electron chi connectivity index (χ3n) is 9.21. The minimum atomic E-state index is -1.70. The normalized spacial score (nSPS) is 30.3. The maximum absolute atomic E-state index is 12.4. The number of allylic oxidation sites excluding steroid dienone is 4. The molecule has 2 aliphatic rings. The quantitative estimate of drug-likeness (QED) is 0.0348. The van der Waals surface area contributed by atoms with Gasteiger partial charge in [-0.15, -0.1) is 0 Å². The third-order valence-corrected chi connectivity index (χ3v) is 9.21. The maximum atomic E-state index is 12.4. The van der Waals surface area contributed by atoms with E-state index in [9.17, 15) is 40.5 Å². The number of hydrogen-bond acceptors (Lipinski definition) is 14. The predicted octanol–water partition coefficient (Wildman–Crippen LogP) is 2.56. The van der Waals surface area contributed by atoms with Gasteiger partial charge in [-0.3, -0.25) is 4.79 Å². The van der Waals surface area contributed by atoms with Gasteiger partial charge in [0.05, 0.1) is 26.4 Å². The molecule has 14 nitrogen and oxygen atoms in total. The van der Waals surface area contributed by atoms with Crippen molar-refractivity contribution in [2.45, 2.75) is 178 Å². The number of ether oxygens (including phenoxy) is 6. The summed E-state index contributed by atoms with van der Waals surface area (Å²) in [5.74, 6) is -0.417. The number of esters is 1. The highest BCUT2D eigenvalue weighted by atomic mass is 16.7. The van der Waals surface area contributed by atoms with Gasteiger partial charge in [-0.2, -0.15) is 0 Å². The van der Waals surface area contributed by atoms with E-state index in [1.165, 1.54) is 38.5 Å². The van der Waals surface area contributed by atoms with Crippen molar-refractivity contribution in [3.05, 3.63) is 24.3 Å². The Labute approximate surface area is 309 Å². The first kappa shape index (κ1) is 46.6. The van der Waals surface area contributed by atoms with Gasteiger partial charge in [0.2, 0.25) is 0 Å². The first-order chi connectivity index (χ1) is 25.1. The SMILES string of the molecule is CCCCC/C=C\C/C=C\CCCCCCCCOCC(COC1OC(COC2OC(CO)C(O)C(O)C2O)C(O)C(O)C1O)OC(=O)CCCC. The smallest absolute Gasteiger partial charge is 0.306 e. The summed E-state index contributed by atoms with van der Waals surface area (Å²) in [6.45, 7) is 3.34. The Morgan fingerprint density at radius 1 is 0.635 bits per heavy atom. The zero-order valence-electron chi connectivity index (χ0n) is 31.3. The highest BCUT2D eigenvalue weighted by Crippen LogP contribution is 2.26. The highest BCUT2D eigenvalue weighted by molar-refractivity contribution is 5.69. The number of carbonyl (C=O) groups excluding carboxylic acids is 1. The van der Waals surface area contributed by atoms with Crippen molar-refractivity contribution in [3.8, 4) is 0 Å². The number of rotatable bonds is 28. The first-order valence-electron chi connectivity index (χ1n) is 19.4. The predicted molar refractivity (Wildman–Crippen MR) is 192 cm³/mol. The molecule has 0 aromatic heterocycles. The minimum absolute atomic E-state index is 0.0514. The van der Waals surface area contributed by atoms with Gasteiger partial charge in [-0.1, -0.05) is 83.1 Å². The van der Waals surface area contributed by atoms with Crippen LogP contribution in [0, 0.1) is 0 Å². The van der Waals surface area contributed by atoms with Crippen molar-refractivity contribution in [2.75, 3.05) is 33.0 Å². The molecule has 2 heterocycles.